The number of aliphatic hydroxyl groups is 2. The summed E-state index contributed by atoms with van der Waals surface area (Å²) in [6.07, 6.45) is 1.26. The minimum absolute atomic E-state index is 0.164. The molecule has 2 nitrogen and oxygen atoms in total. The Morgan fingerprint density at radius 1 is 1.50 bits per heavy atom. The zero-order valence-electron chi connectivity index (χ0n) is 4.68. The standard InChI is InChI=1S/C4H9O2.ClH.Zn/c5-3-1-2-4-6;;/h3,5-6H,1-2,4H2;1H;/q-1;;+2/p-1. The maximum absolute atomic E-state index is 8.07. The van der Waals surface area contributed by atoms with Crippen molar-refractivity contribution >= 4 is 9.69 Å². The van der Waals surface area contributed by atoms with Gasteiger partial charge in [0.1, 0.15) is 0 Å². The molecule has 0 bridgehead atoms. The van der Waals surface area contributed by atoms with Crippen molar-refractivity contribution in [3.63, 3.8) is 0 Å². The van der Waals surface area contributed by atoms with E-state index in [-0.39, 0.29) is 6.61 Å². The first kappa shape index (κ1) is 11.6. The molecule has 0 aromatic carbocycles. The van der Waals surface area contributed by atoms with Crippen molar-refractivity contribution in [2.24, 2.45) is 0 Å². The number of rotatable bonds is 3. The summed E-state index contributed by atoms with van der Waals surface area (Å²) in [7, 11) is 4.76. The van der Waals surface area contributed by atoms with E-state index in [1.165, 1.54) is 0 Å². The average molecular weight is 190 g/mol. The summed E-state index contributed by atoms with van der Waals surface area (Å²) in [5.74, 6) is 0. The van der Waals surface area contributed by atoms with Gasteiger partial charge in [-0.3, -0.25) is 0 Å². The molecule has 0 aromatic rings. The van der Waals surface area contributed by atoms with E-state index in [0.717, 1.165) is 23.9 Å². The van der Waals surface area contributed by atoms with Crippen LogP contribution >= 0.6 is 9.69 Å². The van der Waals surface area contributed by atoms with E-state index >= 15 is 0 Å². The molecule has 4 heteroatoms. The van der Waals surface area contributed by atoms with Crippen molar-refractivity contribution in [3.8, 4) is 0 Å². The first-order valence-corrected chi connectivity index (χ1v) is 6.15. The first-order chi connectivity index (χ1) is 3.91. The molecule has 0 aliphatic heterocycles. The van der Waals surface area contributed by atoms with Crippen molar-refractivity contribution in [2.45, 2.75) is 12.8 Å². The van der Waals surface area contributed by atoms with Gasteiger partial charge in [0, 0.05) is 6.61 Å². The molecule has 0 atom stereocenters. The van der Waals surface area contributed by atoms with Crippen LogP contribution in [0.25, 0.3) is 0 Å². The fraction of sp³-hybridized carbons (Fsp3) is 0.750. The Kier molecular flexibility index (Phi) is 22.7. The number of hydrogen-bond acceptors (Lipinski definition) is 2. The molecule has 0 fully saturated rings. The third kappa shape index (κ3) is 15.8. The molecule has 0 saturated heterocycles. The van der Waals surface area contributed by atoms with Gasteiger partial charge in [-0.1, -0.05) is 6.42 Å². The van der Waals surface area contributed by atoms with E-state index in [0.29, 0.717) is 12.8 Å². The summed E-state index contributed by atoms with van der Waals surface area (Å²) in [5, 5.41) is 16.0. The van der Waals surface area contributed by atoms with Gasteiger partial charge in [-0.05, 0) is 0 Å². The molecule has 0 aliphatic carbocycles. The topological polar surface area (TPSA) is 40.5 Å². The first-order valence-electron chi connectivity index (χ1n) is 2.25. The fourth-order valence-electron chi connectivity index (χ4n) is 0.183. The van der Waals surface area contributed by atoms with E-state index in [9.17, 15) is 0 Å². The Balaban J connectivity index is 0. The van der Waals surface area contributed by atoms with Gasteiger partial charge in [-0.15, -0.1) is 0 Å². The molecule has 0 spiro atoms. The van der Waals surface area contributed by atoms with Crippen LogP contribution in [0.5, 0.6) is 0 Å². The van der Waals surface area contributed by atoms with Crippen molar-refractivity contribution < 1.29 is 27.5 Å². The molecule has 46 valence electrons. The molecule has 0 saturated carbocycles. The summed E-state index contributed by atoms with van der Waals surface area (Å²) in [6.45, 7) is 1.22. The summed E-state index contributed by atoms with van der Waals surface area (Å²) in [4.78, 5) is 0. The number of aliphatic hydroxyl groups excluding tert-OH is 2. The number of hydrogen-bond donors (Lipinski definition) is 2. The summed E-state index contributed by atoms with van der Waals surface area (Å²) >= 11 is 0.847. The Hall–Kier alpha value is 0.833. The Morgan fingerprint density at radius 3 is 2.12 bits per heavy atom. The van der Waals surface area contributed by atoms with E-state index in [4.69, 9.17) is 19.9 Å². The molecule has 8 heavy (non-hydrogen) atoms. The van der Waals surface area contributed by atoms with Crippen LogP contribution < -0.4 is 0 Å². The monoisotopic (exact) mass is 188 g/mol. The molecule has 0 aromatic heterocycles. The molecule has 2 N–H and O–H groups in total. The van der Waals surface area contributed by atoms with E-state index < -0.39 is 0 Å². The minimum atomic E-state index is 0.164. The average Bonchev–Trinajstić information content (AvgIpc) is 1.88. The summed E-state index contributed by atoms with van der Waals surface area (Å²) < 4.78 is 0. The summed E-state index contributed by atoms with van der Waals surface area (Å²) in [5.41, 5.74) is 0. The van der Waals surface area contributed by atoms with Crippen LogP contribution in [-0.4, -0.2) is 16.8 Å². The molecule has 0 unspecified atom stereocenters. The van der Waals surface area contributed by atoms with Gasteiger partial charge in [-0.25, -0.2) is 6.61 Å². The molecule has 0 amide bonds. The maximum atomic E-state index is 8.07. The third-order valence-electron chi connectivity index (χ3n) is 0.491. The van der Waals surface area contributed by atoms with Gasteiger partial charge in [0.25, 0.3) is 0 Å². The van der Waals surface area contributed by atoms with Crippen LogP contribution in [0, 0.1) is 6.61 Å². The van der Waals surface area contributed by atoms with Crippen molar-refractivity contribution in [1.29, 1.82) is 0 Å². The van der Waals surface area contributed by atoms with Crippen molar-refractivity contribution in [2.75, 3.05) is 6.61 Å². The molecule has 0 radical (unpaired) electrons. The van der Waals surface area contributed by atoms with Crippen LogP contribution in [-0.2, 0) is 17.3 Å². The van der Waals surface area contributed by atoms with Crippen LogP contribution in [0.4, 0.5) is 0 Å². The second kappa shape index (κ2) is 15.7. The Morgan fingerprint density at radius 2 is 2.00 bits per heavy atom. The van der Waals surface area contributed by atoms with Crippen LogP contribution in [0.3, 0.4) is 0 Å². The Labute approximate surface area is 63.6 Å². The fourth-order valence-corrected chi connectivity index (χ4v) is 0.183. The predicted octanol–water partition coefficient (Wildman–Crippen LogP) is 0.980. The van der Waals surface area contributed by atoms with E-state index in [1.807, 2.05) is 0 Å². The predicted molar refractivity (Wildman–Crippen MR) is 28.4 cm³/mol. The van der Waals surface area contributed by atoms with Crippen LogP contribution in [0.15, 0.2) is 0 Å². The molecular weight excluding hydrogens is 181 g/mol. The van der Waals surface area contributed by atoms with E-state index in [2.05, 4.69) is 0 Å². The molecule has 0 heterocycles. The number of unbranched alkanes of at least 4 members (excludes halogenated alkanes) is 1. The van der Waals surface area contributed by atoms with Gasteiger partial charge in [-0.2, -0.15) is 6.42 Å². The van der Waals surface area contributed by atoms with Gasteiger partial charge < -0.3 is 10.2 Å². The van der Waals surface area contributed by atoms with Gasteiger partial charge in [0.05, 0.1) is 0 Å². The Bertz CT molecular complexity index is 26.0. The summed E-state index contributed by atoms with van der Waals surface area (Å²) in [6, 6.07) is 0. The second-order valence-electron chi connectivity index (χ2n) is 1.05. The van der Waals surface area contributed by atoms with Crippen molar-refractivity contribution in [1.82, 2.24) is 0 Å². The number of halogens is 1. The van der Waals surface area contributed by atoms with Crippen molar-refractivity contribution in [3.05, 3.63) is 6.61 Å². The zero-order chi connectivity index (χ0) is 6.83. The van der Waals surface area contributed by atoms with Gasteiger partial charge >= 0.3 is 27.0 Å². The zero-order valence-corrected chi connectivity index (χ0v) is 8.40. The van der Waals surface area contributed by atoms with Crippen LogP contribution in [0.2, 0.25) is 0 Å². The third-order valence-corrected chi connectivity index (χ3v) is 0.491. The second-order valence-corrected chi connectivity index (χ2v) is 1.05. The van der Waals surface area contributed by atoms with Gasteiger partial charge in [0.2, 0.25) is 0 Å². The van der Waals surface area contributed by atoms with E-state index in [1.54, 1.807) is 0 Å². The van der Waals surface area contributed by atoms with Crippen LogP contribution in [0.1, 0.15) is 12.8 Å². The van der Waals surface area contributed by atoms with Gasteiger partial charge in [0.15, 0.2) is 0 Å². The molecule has 0 aliphatic rings. The molecular formula is C4H9ClO2Zn. The molecule has 0 rings (SSSR count). The normalized spacial score (nSPS) is 7.62. The SMILES string of the molecule is O[CH-]CCCO.[Cl][Zn+]. The quantitative estimate of drug-likeness (QED) is 0.395.